The molecule has 76 valence electrons. The Morgan fingerprint density at radius 3 is 2.67 bits per heavy atom. The van der Waals surface area contributed by atoms with Crippen LogP contribution in [-0.4, -0.2) is 12.2 Å². The van der Waals surface area contributed by atoms with Crippen LogP contribution in [0.25, 0.3) is 0 Å². The summed E-state index contributed by atoms with van der Waals surface area (Å²) in [6.45, 7) is 2.20. The molecule has 0 radical (unpaired) electrons. The third kappa shape index (κ3) is 2.99. The number of hydrogen-bond acceptors (Lipinski definition) is 4. The zero-order chi connectivity index (χ0) is 11.1. The number of isocyanates is 2. The molecule has 0 fully saturated rings. The molecule has 0 saturated heterocycles. The first-order valence-corrected chi connectivity index (χ1v) is 4.55. The molecule has 0 bridgehead atoms. The average Bonchev–Trinajstić information content (AvgIpc) is 2.27. The van der Waals surface area contributed by atoms with Gasteiger partial charge in [0.2, 0.25) is 12.2 Å². The van der Waals surface area contributed by atoms with Crippen molar-refractivity contribution >= 4 is 17.8 Å². The molecule has 0 saturated carbocycles. The Kier molecular flexibility index (Phi) is 4.17. The van der Waals surface area contributed by atoms with Crippen molar-refractivity contribution in [1.82, 2.24) is 0 Å². The molecular weight excluding hydrogens is 192 g/mol. The first-order chi connectivity index (χ1) is 7.31. The highest BCUT2D eigenvalue weighted by Crippen LogP contribution is 2.21. The maximum Gasteiger partial charge on any atom is 0.240 e. The van der Waals surface area contributed by atoms with Crippen molar-refractivity contribution in [1.29, 1.82) is 0 Å². The molecule has 15 heavy (non-hydrogen) atoms. The zero-order valence-electron chi connectivity index (χ0n) is 8.36. The van der Waals surface area contributed by atoms with Crippen molar-refractivity contribution in [3.05, 3.63) is 29.3 Å². The van der Waals surface area contributed by atoms with Crippen LogP contribution in [0.2, 0.25) is 0 Å². The molecular formula is C11H10N2O2. The fourth-order valence-electron chi connectivity index (χ4n) is 1.23. The predicted octanol–water partition coefficient (Wildman–Crippen LogP) is 2.05. The number of benzene rings is 1. The summed E-state index contributed by atoms with van der Waals surface area (Å²) >= 11 is 0. The van der Waals surface area contributed by atoms with Crippen LogP contribution in [0.15, 0.2) is 28.2 Å². The van der Waals surface area contributed by atoms with E-state index in [2.05, 4.69) is 9.98 Å². The Balaban J connectivity index is 3.13. The Morgan fingerprint density at radius 1 is 1.27 bits per heavy atom. The number of aliphatic imine (C=N–C) groups is 2. The minimum atomic E-state index is 0.188. The van der Waals surface area contributed by atoms with Gasteiger partial charge < -0.3 is 0 Å². The minimum absolute atomic E-state index is 0.188. The third-order valence-electron chi connectivity index (χ3n) is 2.04. The largest absolute Gasteiger partial charge is 0.240 e. The van der Waals surface area contributed by atoms with Crippen molar-refractivity contribution in [3.8, 4) is 0 Å². The van der Waals surface area contributed by atoms with Crippen molar-refractivity contribution in [2.24, 2.45) is 9.98 Å². The van der Waals surface area contributed by atoms with Crippen LogP contribution in [0.4, 0.5) is 5.69 Å². The van der Waals surface area contributed by atoms with Gasteiger partial charge in [-0.15, -0.1) is 0 Å². The molecule has 0 aliphatic rings. The van der Waals surface area contributed by atoms with Crippen LogP contribution >= 0.6 is 0 Å². The molecule has 0 amide bonds. The molecule has 0 aromatic heterocycles. The van der Waals surface area contributed by atoms with Gasteiger partial charge in [-0.3, -0.25) is 0 Å². The quantitative estimate of drug-likeness (QED) is 0.554. The fraction of sp³-hybridized carbons (Fsp3) is 0.273. The highest BCUT2D eigenvalue weighted by atomic mass is 16.1. The average molecular weight is 202 g/mol. The van der Waals surface area contributed by atoms with Crippen molar-refractivity contribution in [2.45, 2.75) is 19.9 Å². The van der Waals surface area contributed by atoms with Crippen LogP contribution in [0.3, 0.4) is 0 Å². The van der Waals surface area contributed by atoms with Crippen LogP contribution in [-0.2, 0) is 22.6 Å². The van der Waals surface area contributed by atoms with Crippen LogP contribution in [0.1, 0.15) is 18.1 Å². The fourth-order valence-corrected chi connectivity index (χ4v) is 1.23. The Labute approximate surface area is 87.4 Å². The number of hydrogen-bond donors (Lipinski definition) is 0. The van der Waals surface area contributed by atoms with Crippen LogP contribution in [0.5, 0.6) is 0 Å². The van der Waals surface area contributed by atoms with E-state index in [1.807, 2.05) is 13.0 Å². The molecule has 0 aliphatic heterocycles. The minimum Gasteiger partial charge on any atom is -0.211 e. The lowest BCUT2D eigenvalue weighted by molar-refractivity contribution is 0.563. The summed E-state index contributed by atoms with van der Waals surface area (Å²) in [5.41, 5.74) is 2.31. The molecule has 1 rings (SSSR count). The first-order valence-electron chi connectivity index (χ1n) is 4.55. The normalized spacial score (nSPS) is 8.87. The molecule has 0 N–H and O–H groups in total. The Bertz CT molecular complexity index is 442. The number of nitrogens with zero attached hydrogens (tertiary/aromatic N) is 2. The summed E-state index contributed by atoms with van der Waals surface area (Å²) in [7, 11) is 0. The second-order valence-corrected chi connectivity index (χ2v) is 2.93. The number of carbonyl (C=O) groups excluding carboxylic acids is 2. The van der Waals surface area contributed by atoms with Crippen LogP contribution in [0, 0.1) is 0 Å². The molecule has 0 heterocycles. The Hall–Kier alpha value is -2.02. The lowest BCUT2D eigenvalue weighted by Gasteiger charge is -2.02. The van der Waals surface area contributed by atoms with E-state index in [1.165, 1.54) is 12.2 Å². The van der Waals surface area contributed by atoms with E-state index < -0.39 is 0 Å². The van der Waals surface area contributed by atoms with Gasteiger partial charge in [-0.05, 0) is 18.1 Å². The second kappa shape index (κ2) is 5.66. The number of aryl methyl sites for hydroxylation is 1. The van der Waals surface area contributed by atoms with E-state index in [0.29, 0.717) is 5.69 Å². The van der Waals surface area contributed by atoms with E-state index in [0.717, 1.165) is 17.5 Å². The van der Waals surface area contributed by atoms with E-state index in [-0.39, 0.29) is 6.54 Å². The maximum absolute atomic E-state index is 10.2. The predicted molar refractivity (Wildman–Crippen MR) is 55.4 cm³/mol. The van der Waals surface area contributed by atoms with Gasteiger partial charge in [0.1, 0.15) is 0 Å². The first kappa shape index (κ1) is 11.1. The van der Waals surface area contributed by atoms with Gasteiger partial charge >= 0.3 is 0 Å². The lowest BCUT2D eigenvalue weighted by Crippen LogP contribution is -1.86. The molecule has 0 spiro atoms. The van der Waals surface area contributed by atoms with Gasteiger partial charge in [0.05, 0.1) is 12.2 Å². The SMILES string of the molecule is CCc1ccc(CN=C=O)c(N=C=O)c1. The highest BCUT2D eigenvalue weighted by Gasteiger charge is 2.01. The summed E-state index contributed by atoms with van der Waals surface area (Å²) < 4.78 is 0. The third-order valence-corrected chi connectivity index (χ3v) is 2.04. The van der Waals surface area contributed by atoms with Crippen molar-refractivity contribution < 1.29 is 9.59 Å². The summed E-state index contributed by atoms with van der Waals surface area (Å²) in [5.74, 6) is 0. The smallest absolute Gasteiger partial charge is 0.211 e. The number of rotatable bonds is 4. The van der Waals surface area contributed by atoms with E-state index in [4.69, 9.17) is 0 Å². The summed E-state index contributed by atoms with van der Waals surface area (Å²) in [6.07, 6.45) is 3.80. The molecule has 4 heteroatoms. The van der Waals surface area contributed by atoms with Gasteiger partial charge in [0.15, 0.2) is 0 Å². The van der Waals surface area contributed by atoms with Gasteiger partial charge in [-0.25, -0.2) is 14.6 Å². The molecule has 1 aromatic rings. The summed E-state index contributed by atoms with van der Waals surface area (Å²) in [5, 5.41) is 0. The summed E-state index contributed by atoms with van der Waals surface area (Å²) in [6, 6.07) is 5.51. The topological polar surface area (TPSA) is 58.9 Å². The van der Waals surface area contributed by atoms with Gasteiger partial charge in [0, 0.05) is 5.56 Å². The van der Waals surface area contributed by atoms with Gasteiger partial charge in [-0.1, -0.05) is 19.1 Å². The molecule has 1 aromatic carbocycles. The zero-order valence-corrected chi connectivity index (χ0v) is 8.36. The molecule has 0 unspecified atom stereocenters. The van der Waals surface area contributed by atoms with Gasteiger partial charge in [-0.2, -0.15) is 4.99 Å². The standard InChI is InChI=1S/C11H10N2O2/c1-2-9-3-4-10(6-12-7-14)11(5-9)13-8-15/h3-5H,2,6H2,1H3. The van der Waals surface area contributed by atoms with Crippen LogP contribution < -0.4 is 0 Å². The highest BCUT2D eigenvalue weighted by molar-refractivity contribution is 5.55. The van der Waals surface area contributed by atoms with Crippen molar-refractivity contribution in [3.63, 3.8) is 0 Å². The van der Waals surface area contributed by atoms with E-state index in [1.54, 1.807) is 12.1 Å². The lowest BCUT2D eigenvalue weighted by atomic mass is 10.1. The molecule has 4 nitrogen and oxygen atoms in total. The summed E-state index contributed by atoms with van der Waals surface area (Å²) in [4.78, 5) is 27.2. The molecule has 0 aliphatic carbocycles. The maximum atomic E-state index is 10.2. The van der Waals surface area contributed by atoms with E-state index >= 15 is 0 Å². The monoisotopic (exact) mass is 202 g/mol. The van der Waals surface area contributed by atoms with Gasteiger partial charge in [0.25, 0.3) is 0 Å². The van der Waals surface area contributed by atoms with E-state index in [9.17, 15) is 9.59 Å². The second-order valence-electron chi connectivity index (χ2n) is 2.93. The molecule has 0 atom stereocenters. The van der Waals surface area contributed by atoms with Crippen molar-refractivity contribution in [2.75, 3.05) is 0 Å². The Morgan fingerprint density at radius 2 is 2.07 bits per heavy atom.